The predicted molar refractivity (Wildman–Crippen MR) is 126 cm³/mol. The molecule has 0 bridgehead atoms. The lowest BCUT2D eigenvalue weighted by atomic mass is 9.86. The van der Waals surface area contributed by atoms with Gasteiger partial charge in [0.1, 0.15) is 0 Å². The Labute approximate surface area is 184 Å². The van der Waals surface area contributed by atoms with E-state index in [4.69, 9.17) is 0 Å². The monoisotopic (exact) mass is 439 g/mol. The highest BCUT2D eigenvalue weighted by Crippen LogP contribution is 2.27. The van der Waals surface area contributed by atoms with E-state index in [0.717, 1.165) is 17.0 Å². The zero-order valence-corrected chi connectivity index (χ0v) is 19.6. The van der Waals surface area contributed by atoms with Crippen LogP contribution in [0.25, 0.3) is 10.8 Å². The van der Waals surface area contributed by atoms with Gasteiger partial charge < -0.3 is 5.32 Å². The highest BCUT2D eigenvalue weighted by molar-refractivity contribution is 7.92. The molecule has 164 valence electrons. The maximum atomic E-state index is 12.8. The number of nitrogens with one attached hydrogen (secondary N) is 2. The predicted octanol–water partition coefficient (Wildman–Crippen LogP) is 4.70. The van der Waals surface area contributed by atoms with Gasteiger partial charge in [0.2, 0.25) is 10.0 Å². The first-order valence-electron chi connectivity index (χ1n) is 10.1. The first-order valence-corrected chi connectivity index (χ1v) is 12.0. The first-order chi connectivity index (χ1) is 14.3. The van der Waals surface area contributed by atoms with Crippen molar-refractivity contribution in [3.63, 3.8) is 0 Å². The summed E-state index contributed by atoms with van der Waals surface area (Å²) in [5, 5.41) is 5.08. The number of hydrogen-bond acceptors (Lipinski definition) is 4. The minimum atomic E-state index is -3.38. The number of sulfonamides is 1. The molecular formula is C24H29N3O3S. The van der Waals surface area contributed by atoms with E-state index in [9.17, 15) is 13.2 Å². The van der Waals surface area contributed by atoms with Gasteiger partial charge in [0, 0.05) is 5.56 Å². The normalized spacial score (nSPS) is 13.1. The number of fused-ring (bicyclic) bond motifs is 1. The number of carbonyl (C=O) groups excluding carboxylic acids is 1. The zero-order chi connectivity index (χ0) is 23.0. The van der Waals surface area contributed by atoms with E-state index in [1.807, 2.05) is 25.1 Å². The molecule has 1 amide bonds. The van der Waals surface area contributed by atoms with Crippen molar-refractivity contribution in [2.75, 3.05) is 11.0 Å². The number of aryl methyl sites for hydroxylation is 1. The topological polar surface area (TPSA) is 88.2 Å². The van der Waals surface area contributed by atoms with Gasteiger partial charge in [0.15, 0.2) is 0 Å². The van der Waals surface area contributed by atoms with Crippen LogP contribution in [0.5, 0.6) is 0 Å². The van der Waals surface area contributed by atoms with Crippen LogP contribution in [0.15, 0.2) is 48.5 Å². The first kappa shape index (κ1) is 22.7. The third-order valence-electron chi connectivity index (χ3n) is 5.16. The minimum Gasteiger partial charge on any atom is -0.344 e. The Balaban J connectivity index is 1.77. The maximum Gasteiger partial charge on any atom is 0.251 e. The van der Waals surface area contributed by atoms with Crippen LogP contribution in [-0.2, 0) is 15.4 Å². The molecule has 7 heteroatoms. The second-order valence-electron chi connectivity index (χ2n) is 8.97. The fourth-order valence-electron chi connectivity index (χ4n) is 3.34. The quantitative estimate of drug-likeness (QED) is 0.603. The number of carbonyl (C=O) groups is 1. The van der Waals surface area contributed by atoms with Crippen LogP contribution < -0.4 is 10.0 Å². The van der Waals surface area contributed by atoms with E-state index >= 15 is 0 Å². The number of nitrogens with zero attached hydrogens (tertiary/aromatic N) is 1. The molecule has 1 heterocycles. The molecule has 0 saturated heterocycles. The third kappa shape index (κ3) is 5.61. The molecule has 6 nitrogen and oxygen atoms in total. The molecule has 0 aliphatic rings. The van der Waals surface area contributed by atoms with E-state index in [2.05, 4.69) is 54.0 Å². The molecule has 0 saturated carbocycles. The van der Waals surface area contributed by atoms with Gasteiger partial charge >= 0.3 is 0 Å². The Hall–Kier alpha value is -2.93. The summed E-state index contributed by atoms with van der Waals surface area (Å²) < 4.78 is 25.3. The Morgan fingerprint density at radius 2 is 1.65 bits per heavy atom. The van der Waals surface area contributed by atoms with Gasteiger partial charge in [0.25, 0.3) is 5.91 Å². The van der Waals surface area contributed by atoms with Crippen molar-refractivity contribution < 1.29 is 13.2 Å². The Kier molecular flexibility index (Phi) is 6.09. The number of anilines is 1. The fraction of sp³-hybridized carbons (Fsp3) is 0.333. The van der Waals surface area contributed by atoms with Gasteiger partial charge in [-0.05, 0) is 59.9 Å². The number of benzene rings is 2. The molecule has 0 aliphatic heterocycles. The van der Waals surface area contributed by atoms with Crippen LogP contribution in [0.2, 0.25) is 0 Å². The lowest BCUT2D eigenvalue weighted by molar-refractivity contribution is 0.0939. The molecule has 0 spiro atoms. The Morgan fingerprint density at radius 1 is 1.00 bits per heavy atom. The van der Waals surface area contributed by atoms with Crippen molar-refractivity contribution in [2.24, 2.45) is 0 Å². The molecule has 3 rings (SSSR count). The van der Waals surface area contributed by atoms with Crippen LogP contribution in [0.3, 0.4) is 0 Å². The summed E-state index contributed by atoms with van der Waals surface area (Å²) >= 11 is 0. The van der Waals surface area contributed by atoms with Gasteiger partial charge in [0.05, 0.1) is 29.4 Å². The smallest absolute Gasteiger partial charge is 0.251 e. The number of rotatable bonds is 5. The van der Waals surface area contributed by atoms with Crippen LogP contribution in [-0.4, -0.2) is 25.6 Å². The lowest BCUT2D eigenvalue weighted by Crippen LogP contribution is -2.27. The number of amides is 1. The highest BCUT2D eigenvalue weighted by Gasteiger charge is 2.16. The van der Waals surface area contributed by atoms with Crippen LogP contribution in [0, 0.1) is 6.92 Å². The van der Waals surface area contributed by atoms with E-state index < -0.39 is 10.0 Å². The molecule has 31 heavy (non-hydrogen) atoms. The van der Waals surface area contributed by atoms with E-state index in [-0.39, 0.29) is 17.4 Å². The number of hydrogen-bond donors (Lipinski definition) is 2. The van der Waals surface area contributed by atoms with Gasteiger partial charge in [-0.2, -0.15) is 0 Å². The van der Waals surface area contributed by atoms with Crippen LogP contribution in [0.1, 0.15) is 61.0 Å². The summed E-state index contributed by atoms with van der Waals surface area (Å²) in [5.74, 6) is -0.188. The van der Waals surface area contributed by atoms with E-state index in [0.29, 0.717) is 22.6 Å². The molecular weight excluding hydrogens is 410 g/mol. The second-order valence-corrected chi connectivity index (χ2v) is 10.7. The molecule has 0 radical (unpaired) electrons. The molecule has 1 unspecified atom stereocenters. The molecule has 2 aromatic carbocycles. The maximum absolute atomic E-state index is 12.8. The molecule has 1 aromatic heterocycles. The van der Waals surface area contributed by atoms with Crippen molar-refractivity contribution in [1.82, 2.24) is 10.3 Å². The molecule has 1 atom stereocenters. The van der Waals surface area contributed by atoms with Gasteiger partial charge in [-0.15, -0.1) is 0 Å². The van der Waals surface area contributed by atoms with Crippen LogP contribution in [0.4, 0.5) is 5.69 Å². The number of aromatic nitrogens is 1. The summed E-state index contributed by atoms with van der Waals surface area (Å²) in [4.78, 5) is 17.3. The summed E-state index contributed by atoms with van der Waals surface area (Å²) in [5.41, 5.74) is 3.52. The Bertz CT molecular complexity index is 1240. The van der Waals surface area contributed by atoms with Gasteiger partial charge in [-0.3, -0.25) is 14.5 Å². The minimum absolute atomic E-state index is 0.0667. The second kappa shape index (κ2) is 8.30. The largest absolute Gasteiger partial charge is 0.344 e. The molecule has 0 aliphatic carbocycles. The van der Waals surface area contributed by atoms with E-state index in [1.165, 1.54) is 5.56 Å². The average Bonchev–Trinajstić information content (AvgIpc) is 2.66. The Morgan fingerprint density at radius 3 is 2.26 bits per heavy atom. The van der Waals surface area contributed by atoms with Crippen LogP contribution >= 0.6 is 0 Å². The molecule has 3 aromatic rings. The van der Waals surface area contributed by atoms with Crippen molar-refractivity contribution in [2.45, 2.75) is 46.1 Å². The lowest BCUT2D eigenvalue weighted by Gasteiger charge is -2.19. The summed E-state index contributed by atoms with van der Waals surface area (Å²) in [7, 11) is -3.38. The van der Waals surface area contributed by atoms with Gasteiger partial charge in [-0.25, -0.2) is 8.42 Å². The van der Waals surface area contributed by atoms with Crippen molar-refractivity contribution in [3.05, 3.63) is 71.0 Å². The summed E-state index contributed by atoms with van der Waals surface area (Å²) in [6.07, 6.45) is 1.09. The molecule has 2 N–H and O–H groups in total. The fourth-order valence-corrected chi connectivity index (χ4v) is 3.95. The third-order valence-corrected chi connectivity index (χ3v) is 5.75. The van der Waals surface area contributed by atoms with E-state index in [1.54, 1.807) is 19.1 Å². The SMILES string of the molecule is Cc1nc(C(C)NC(=O)c2ccc3cc(C(C)(C)C)ccc3c2)ccc1NS(C)(=O)=O. The van der Waals surface area contributed by atoms with Crippen molar-refractivity contribution in [3.8, 4) is 0 Å². The van der Waals surface area contributed by atoms with Gasteiger partial charge in [-0.1, -0.05) is 45.0 Å². The van der Waals surface area contributed by atoms with Crippen molar-refractivity contribution >= 4 is 32.4 Å². The highest BCUT2D eigenvalue weighted by atomic mass is 32.2. The standard InChI is InChI=1S/C24H29N3O3S/c1-15(21-11-12-22(16(2)25-21)27-31(6,29)30)26-23(28)19-8-7-18-14-20(24(3,4)5)10-9-17(18)13-19/h7-15,27H,1-6H3,(H,26,28). The summed E-state index contributed by atoms with van der Waals surface area (Å²) in [6.45, 7) is 10.1. The number of pyridine rings is 1. The average molecular weight is 440 g/mol. The zero-order valence-electron chi connectivity index (χ0n) is 18.8. The van der Waals surface area contributed by atoms with Crippen molar-refractivity contribution in [1.29, 1.82) is 0 Å². The summed E-state index contributed by atoms with van der Waals surface area (Å²) in [6, 6.07) is 15.0. The molecule has 0 fully saturated rings.